The second-order valence-electron chi connectivity index (χ2n) is 3.47. The van der Waals surface area contributed by atoms with Crippen molar-refractivity contribution in [1.29, 1.82) is 0 Å². The Morgan fingerprint density at radius 1 is 1.31 bits per heavy atom. The molecule has 0 aromatic carbocycles. The Bertz CT molecular complexity index is 164. The van der Waals surface area contributed by atoms with Gasteiger partial charge in [-0.1, -0.05) is 20.8 Å². The molecular weight excluding hydrogens is 166 g/mol. The molecule has 0 spiro atoms. The van der Waals surface area contributed by atoms with Gasteiger partial charge in [-0.2, -0.15) is 0 Å². The molecule has 0 heterocycles. The molecule has 3 nitrogen and oxygen atoms in total. The van der Waals surface area contributed by atoms with Gasteiger partial charge >= 0.3 is 5.97 Å². The van der Waals surface area contributed by atoms with Crippen molar-refractivity contribution in [2.24, 2.45) is 0 Å². The highest BCUT2D eigenvalue weighted by molar-refractivity contribution is 5.78. The largest absolute Gasteiger partial charge is 0.480 e. The minimum atomic E-state index is -0.701. The van der Waals surface area contributed by atoms with Gasteiger partial charge in [-0.3, -0.25) is 9.69 Å². The fourth-order valence-electron chi connectivity index (χ4n) is 1.80. The van der Waals surface area contributed by atoms with Crippen molar-refractivity contribution in [2.45, 2.75) is 45.6 Å². The van der Waals surface area contributed by atoms with Crippen LogP contribution < -0.4 is 0 Å². The lowest BCUT2D eigenvalue weighted by Crippen LogP contribution is -2.52. The number of rotatable bonds is 6. The summed E-state index contributed by atoms with van der Waals surface area (Å²) in [6, 6.07) is 0. The lowest BCUT2D eigenvalue weighted by molar-refractivity contribution is -0.151. The summed E-state index contributed by atoms with van der Waals surface area (Å²) in [5.74, 6) is -0.701. The third-order valence-electron chi connectivity index (χ3n) is 2.86. The number of hydrogen-bond acceptors (Lipinski definition) is 2. The molecule has 0 atom stereocenters. The molecule has 0 radical (unpaired) electrons. The number of aliphatic carboxylic acids is 1. The minimum Gasteiger partial charge on any atom is -0.480 e. The van der Waals surface area contributed by atoms with Crippen LogP contribution in [0.5, 0.6) is 0 Å². The summed E-state index contributed by atoms with van der Waals surface area (Å²) in [4.78, 5) is 13.1. The highest BCUT2D eigenvalue weighted by Gasteiger charge is 2.38. The van der Waals surface area contributed by atoms with Crippen LogP contribution in [0.1, 0.15) is 40.0 Å². The van der Waals surface area contributed by atoms with Gasteiger partial charge in [0.25, 0.3) is 0 Å². The summed E-state index contributed by atoms with van der Waals surface area (Å²) < 4.78 is 0. The number of carbonyl (C=O) groups is 1. The normalized spacial score (nSPS) is 12.1. The molecule has 0 aliphatic carbocycles. The van der Waals surface area contributed by atoms with Crippen LogP contribution in [0.3, 0.4) is 0 Å². The van der Waals surface area contributed by atoms with Crippen molar-refractivity contribution in [3.63, 3.8) is 0 Å². The first kappa shape index (κ1) is 12.4. The second-order valence-corrected chi connectivity index (χ2v) is 3.47. The van der Waals surface area contributed by atoms with Crippen LogP contribution in [0.2, 0.25) is 0 Å². The van der Waals surface area contributed by atoms with Crippen molar-refractivity contribution in [2.75, 3.05) is 13.6 Å². The topological polar surface area (TPSA) is 40.5 Å². The van der Waals surface area contributed by atoms with E-state index in [0.29, 0.717) is 12.8 Å². The maximum absolute atomic E-state index is 11.2. The van der Waals surface area contributed by atoms with Gasteiger partial charge in [-0.05, 0) is 32.9 Å². The lowest BCUT2D eigenvalue weighted by atomic mass is 9.91. The molecule has 0 rings (SSSR count). The number of nitrogens with zero attached hydrogens (tertiary/aromatic N) is 1. The number of likely N-dealkylation sites (N-methyl/N-ethyl adjacent to an activating group) is 1. The van der Waals surface area contributed by atoms with Gasteiger partial charge in [0.1, 0.15) is 5.54 Å². The predicted molar refractivity (Wildman–Crippen MR) is 53.9 cm³/mol. The lowest BCUT2D eigenvalue weighted by Gasteiger charge is -2.36. The fraction of sp³-hybridized carbons (Fsp3) is 0.900. The van der Waals surface area contributed by atoms with Gasteiger partial charge in [0.05, 0.1) is 0 Å². The average Bonchev–Trinajstić information content (AvgIpc) is 2.07. The Morgan fingerprint density at radius 2 is 1.77 bits per heavy atom. The molecule has 0 aromatic heterocycles. The van der Waals surface area contributed by atoms with Crippen LogP contribution in [0.4, 0.5) is 0 Å². The van der Waals surface area contributed by atoms with E-state index in [2.05, 4.69) is 6.92 Å². The van der Waals surface area contributed by atoms with Crippen molar-refractivity contribution in [3.05, 3.63) is 0 Å². The van der Waals surface area contributed by atoms with Crippen LogP contribution in [-0.2, 0) is 4.79 Å². The Morgan fingerprint density at radius 3 is 2.00 bits per heavy atom. The molecule has 0 saturated carbocycles. The summed E-state index contributed by atoms with van der Waals surface area (Å²) >= 11 is 0. The Kier molecular flexibility index (Phi) is 4.99. The van der Waals surface area contributed by atoms with Gasteiger partial charge in [0, 0.05) is 0 Å². The number of carboxylic acid groups (broad SMARTS) is 1. The SMILES string of the molecule is CCCN(C)C(CC)(CC)C(=O)O. The zero-order valence-corrected chi connectivity index (χ0v) is 9.13. The van der Waals surface area contributed by atoms with Gasteiger partial charge in [-0.25, -0.2) is 0 Å². The van der Waals surface area contributed by atoms with E-state index in [1.807, 2.05) is 25.8 Å². The van der Waals surface area contributed by atoms with Crippen LogP contribution >= 0.6 is 0 Å². The number of hydrogen-bond donors (Lipinski definition) is 1. The summed E-state index contributed by atoms with van der Waals surface area (Å²) in [6.45, 7) is 6.77. The molecule has 0 aromatic rings. The minimum absolute atomic E-state index is 0.657. The first-order valence-electron chi connectivity index (χ1n) is 4.99. The third-order valence-corrected chi connectivity index (χ3v) is 2.86. The monoisotopic (exact) mass is 187 g/mol. The Balaban J connectivity index is 4.64. The molecule has 3 heteroatoms. The molecule has 0 bridgehead atoms. The van der Waals surface area contributed by atoms with E-state index < -0.39 is 11.5 Å². The van der Waals surface area contributed by atoms with Crippen LogP contribution in [0.15, 0.2) is 0 Å². The highest BCUT2D eigenvalue weighted by Crippen LogP contribution is 2.22. The summed E-state index contributed by atoms with van der Waals surface area (Å²) in [5.41, 5.74) is -0.657. The van der Waals surface area contributed by atoms with E-state index in [1.165, 1.54) is 0 Å². The quantitative estimate of drug-likeness (QED) is 0.691. The van der Waals surface area contributed by atoms with Crippen LogP contribution in [0.25, 0.3) is 0 Å². The maximum Gasteiger partial charge on any atom is 0.324 e. The second kappa shape index (κ2) is 5.22. The molecule has 0 fully saturated rings. The van der Waals surface area contributed by atoms with E-state index in [0.717, 1.165) is 13.0 Å². The summed E-state index contributed by atoms with van der Waals surface area (Å²) in [6.07, 6.45) is 2.32. The molecule has 0 saturated heterocycles. The molecule has 0 aliphatic rings. The van der Waals surface area contributed by atoms with Crippen LogP contribution in [-0.4, -0.2) is 35.1 Å². The third kappa shape index (κ3) is 2.44. The highest BCUT2D eigenvalue weighted by atomic mass is 16.4. The molecule has 0 aliphatic heterocycles. The molecule has 0 amide bonds. The van der Waals surface area contributed by atoms with Crippen molar-refractivity contribution in [1.82, 2.24) is 4.90 Å². The van der Waals surface area contributed by atoms with Gasteiger partial charge in [0.2, 0.25) is 0 Å². The zero-order valence-electron chi connectivity index (χ0n) is 9.13. The van der Waals surface area contributed by atoms with Crippen molar-refractivity contribution in [3.8, 4) is 0 Å². The van der Waals surface area contributed by atoms with E-state index in [4.69, 9.17) is 0 Å². The van der Waals surface area contributed by atoms with Gasteiger partial charge < -0.3 is 5.11 Å². The Hall–Kier alpha value is -0.570. The first-order valence-corrected chi connectivity index (χ1v) is 4.99. The van der Waals surface area contributed by atoms with Crippen molar-refractivity contribution >= 4 is 5.97 Å². The standard InChI is InChI=1S/C10H21NO2/c1-5-8-11(4)10(6-2,7-3)9(12)13/h5-8H2,1-4H3,(H,12,13). The summed E-state index contributed by atoms with van der Waals surface area (Å²) in [7, 11) is 1.89. The first-order chi connectivity index (χ1) is 6.05. The van der Waals surface area contributed by atoms with E-state index in [1.54, 1.807) is 0 Å². The molecular formula is C10H21NO2. The van der Waals surface area contributed by atoms with E-state index in [-0.39, 0.29) is 0 Å². The average molecular weight is 187 g/mol. The fourth-order valence-corrected chi connectivity index (χ4v) is 1.80. The smallest absolute Gasteiger partial charge is 0.324 e. The van der Waals surface area contributed by atoms with E-state index >= 15 is 0 Å². The molecule has 78 valence electrons. The number of carboxylic acids is 1. The van der Waals surface area contributed by atoms with E-state index in [9.17, 15) is 9.90 Å². The van der Waals surface area contributed by atoms with Crippen molar-refractivity contribution < 1.29 is 9.90 Å². The van der Waals surface area contributed by atoms with Gasteiger partial charge in [-0.15, -0.1) is 0 Å². The molecule has 1 N–H and O–H groups in total. The molecule has 13 heavy (non-hydrogen) atoms. The maximum atomic E-state index is 11.2. The zero-order chi connectivity index (χ0) is 10.5. The predicted octanol–water partition coefficient (Wildman–Crippen LogP) is 1.97. The summed E-state index contributed by atoms with van der Waals surface area (Å²) in [5, 5.41) is 9.18. The van der Waals surface area contributed by atoms with Crippen LogP contribution in [0, 0.1) is 0 Å². The van der Waals surface area contributed by atoms with Gasteiger partial charge in [0.15, 0.2) is 0 Å². The Labute approximate surface area is 80.7 Å². The molecule has 0 unspecified atom stereocenters.